The van der Waals surface area contributed by atoms with Crippen molar-refractivity contribution in [3.63, 3.8) is 0 Å². The van der Waals surface area contributed by atoms with Crippen molar-refractivity contribution in [2.75, 3.05) is 13.1 Å². The summed E-state index contributed by atoms with van der Waals surface area (Å²) in [5.41, 5.74) is 1.93. The lowest BCUT2D eigenvalue weighted by Gasteiger charge is -2.19. The van der Waals surface area contributed by atoms with Crippen molar-refractivity contribution in [2.24, 2.45) is 0 Å². The topological polar surface area (TPSA) is 53.3 Å². The molecule has 4 nitrogen and oxygen atoms in total. The number of benzene rings is 2. The fraction of sp³-hybridized carbons (Fsp3) is 0.143. The lowest BCUT2D eigenvalue weighted by Crippen LogP contribution is -2.31. The number of nitriles is 1. The molecule has 0 atom stereocenters. The van der Waals surface area contributed by atoms with Crippen molar-refractivity contribution in [1.82, 2.24) is 4.90 Å². The number of hydrogen-bond acceptors (Lipinski definition) is 3. The molecule has 25 heavy (non-hydrogen) atoms. The second kappa shape index (κ2) is 9.09. The van der Waals surface area contributed by atoms with Gasteiger partial charge in [0, 0.05) is 24.2 Å². The summed E-state index contributed by atoms with van der Waals surface area (Å²) in [5.74, 6) is 0.471. The van der Waals surface area contributed by atoms with Gasteiger partial charge in [-0.25, -0.2) is 0 Å². The van der Waals surface area contributed by atoms with Gasteiger partial charge in [-0.05, 0) is 24.3 Å². The monoisotopic (exact) mass is 332 g/mol. The van der Waals surface area contributed by atoms with Gasteiger partial charge in [0.15, 0.2) is 0 Å². The first kappa shape index (κ1) is 18.0. The molecule has 0 spiro atoms. The highest BCUT2D eigenvalue weighted by Gasteiger charge is 2.14. The summed E-state index contributed by atoms with van der Waals surface area (Å²) < 4.78 is 5.76. The molecule has 0 saturated carbocycles. The van der Waals surface area contributed by atoms with Crippen LogP contribution in [-0.2, 0) is 6.61 Å². The van der Waals surface area contributed by atoms with Crippen LogP contribution in [0.2, 0.25) is 0 Å². The van der Waals surface area contributed by atoms with E-state index < -0.39 is 0 Å². The number of nitrogens with zero attached hydrogens (tertiary/aromatic N) is 2. The summed E-state index contributed by atoms with van der Waals surface area (Å²) in [5, 5.41) is 9.12. The summed E-state index contributed by atoms with van der Waals surface area (Å²) in [6, 6.07) is 16.4. The quantitative estimate of drug-likeness (QED) is 0.688. The number of carbonyl (C=O) groups is 1. The molecule has 2 rings (SSSR count). The van der Waals surface area contributed by atoms with Gasteiger partial charge in [0.25, 0.3) is 5.91 Å². The molecule has 0 aromatic heterocycles. The highest BCUT2D eigenvalue weighted by atomic mass is 16.5. The van der Waals surface area contributed by atoms with Crippen molar-refractivity contribution < 1.29 is 9.53 Å². The van der Waals surface area contributed by atoms with Crippen LogP contribution in [0, 0.1) is 11.3 Å². The van der Waals surface area contributed by atoms with Crippen LogP contribution in [-0.4, -0.2) is 23.9 Å². The minimum Gasteiger partial charge on any atom is -0.489 e. The first-order chi connectivity index (χ1) is 12.2. The SMILES string of the molecule is C=CCN(CC=C)C(=O)c1cccc(OCc2ccccc2C#N)c1. The zero-order valence-corrected chi connectivity index (χ0v) is 14.0. The van der Waals surface area contributed by atoms with Crippen molar-refractivity contribution in [1.29, 1.82) is 5.26 Å². The molecule has 2 aromatic rings. The molecule has 0 heterocycles. The number of hydrogen-bond donors (Lipinski definition) is 0. The van der Waals surface area contributed by atoms with Gasteiger partial charge in [-0.2, -0.15) is 5.26 Å². The molecule has 126 valence electrons. The minimum atomic E-state index is -0.109. The summed E-state index contributed by atoms with van der Waals surface area (Å²) in [4.78, 5) is 14.2. The Bertz CT molecular complexity index is 796. The lowest BCUT2D eigenvalue weighted by atomic mass is 10.1. The van der Waals surface area contributed by atoms with Gasteiger partial charge >= 0.3 is 0 Å². The van der Waals surface area contributed by atoms with E-state index >= 15 is 0 Å². The number of amides is 1. The van der Waals surface area contributed by atoms with Gasteiger partial charge in [-0.15, -0.1) is 13.2 Å². The molecule has 0 saturated heterocycles. The van der Waals surface area contributed by atoms with Crippen LogP contribution in [0.3, 0.4) is 0 Å². The Kier molecular flexibility index (Phi) is 6.56. The maximum absolute atomic E-state index is 12.6. The van der Waals surface area contributed by atoms with Crippen LogP contribution < -0.4 is 4.74 Å². The van der Waals surface area contributed by atoms with Crippen LogP contribution in [0.15, 0.2) is 73.8 Å². The molecule has 1 amide bonds. The Labute approximate surface area is 148 Å². The molecule has 4 heteroatoms. The second-order valence-electron chi connectivity index (χ2n) is 5.37. The second-order valence-corrected chi connectivity index (χ2v) is 5.37. The molecule has 0 aliphatic heterocycles. The first-order valence-corrected chi connectivity index (χ1v) is 7.91. The number of rotatable bonds is 8. The highest BCUT2D eigenvalue weighted by Crippen LogP contribution is 2.18. The lowest BCUT2D eigenvalue weighted by molar-refractivity contribution is 0.0790. The molecule has 0 N–H and O–H groups in total. The van der Waals surface area contributed by atoms with E-state index in [1.807, 2.05) is 18.2 Å². The molecule has 0 aliphatic rings. The fourth-order valence-electron chi connectivity index (χ4n) is 2.37. The van der Waals surface area contributed by atoms with E-state index in [-0.39, 0.29) is 12.5 Å². The van der Waals surface area contributed by atoms with Crippen molar-refractivity contribution in [2.45, 2.75) is 6.61 Å². The molecular formula is C21H20N2O2. The van der Waals surface area contributed by atoms with Crippen LogP contribution >= 0.6 is 0 Å². The predicted molar refractivity (Wildman–Crippen MR) is 98.2 cm³/mol. The van der Waals surface area contributed by atoms with Crippen LogP contribution in [0.5, 0.6) is 5.75 Å². The van der Waals surface area contributed by atoms with Crippen LogP contribution in [0.1, 0.15) is 21.5 Å². The largest absolute Gasteiger partial charge is 0.489 e. The van der Waals surface area contributed by atoms with E-state index in [0.29, 0.717) is 30.0 Å². The molecule has 0 bridgehead atoms. The zero-order valence-electron chi connectivity index (χ0n) is 14.0. The number of ether oxygens (including phenoxy) is 1. The minimum absolute atomic E-state index is 0.109. The smallest absolute Gasteiger partial charge is 0.254 e. The summed E-state index contributed by atoms with van der Waals surface area (Å²) in [7, 11) is 0. The van der Waals surface area contributed by atoms with Gasteiger partial charge in [0.05, 0.1) is 11.6 Å². The first-order valence-electron chi connectivity index (χ1n) is 7.91. The van der Waals surface area contributed by atoms with Gasteiger partial charge < -0.3 is 9.64 Å². The molecule has 0 fully saturated rings. The van der Waals surface area contributed by atoms with Gasteiger partial charge in [-0.1, -0.05) is 36.4 Å². The standard InChI is InChI=1S/C21H20N2O2/c1-3-12-23(13-4-2)21(24)17-10-7-11-20(14-17)25-16-19-9-6-5-8-18(19)15-22/h3-11,14H,1-2,12-13,16H2. The Balaban J connectivity index is 2.13. The molecular weight excluding hydrogens is 312 g/mol. The molecule has 0 unspecified atom stereocenters. The average molecular weight is 332 g/mol. The molecule has 2 aromatic carbocycles. The zero-order chi connectivity index (χ0) is 18.1. The van der Waals surface area contributed by atoms with Crippen LogP contribution in [0.25, 0.3) is 0 Å². The van der Waals surface area contributed by atoms with Crippen molar-refractivity contribution >= 4 is 5.91 Å². The normalized spacial score (nSPS) is 9.72. The number of carbonyl (C=O) groups excluding carboxylic acids is 1. The van der Waals surface area contributed by atoms with E-state index in [1.165, 1.54) is 0 Å². The maximum atomic E-state index is 12.6. The van der Waals surface area contributed by atoms with Gasteiger partial charge in [-0.3, -0.25) is 4.79 Å². The molecule has 0 aliphatic carbocycles. The van der Waals surface area contributed by atoms with Crippen molar-refractivity contribution in [3.8, 4) is 11.8 Å². The van der Waals surface area contributed by atoms with Crippen molar-refractivity contribution in [3.05, 3.63) is 90.5 Å². The Morgan fingerprint density at radius 1 is 1.12 bits per heavy atom. The Hall–Kier alpha value is -3.32. The van der Waals surface area contributed by atoms with E-state index in [2.05, 4.69) is 19.2 Å². The maximum Gasteiger partial charge on any atom is 0.254 e. The fourth-order valence-corrected chi connectivity index (χ4v) is 2.37. The third kappa shape index (κ3) is 4.82. The van der Waals surface area contributed by atoms with Gasteiger partial charge in [0.2, 0.25) is 0 Å². The average Bonchev–Trinajstić information content (AvgIpc) is 2.66. The van der Waals surface area contributed by atoms with E-state index in [0.717, 1.165) is 5.56 Å². The molecule has 0 radical (unpaired) electrons. The Morgan fingerprint density at radius 3 is 2.52 bits per heavy atom. The van der Waals surface area contributed by atoms with Gasteiger partial charge in [0.1, 0.15) is 12.4 Å². The third-order valence-corrected chi connectivity index (χ3v) is 3.60. The van der Waals surface area contributed by atoms with E-state index in [1.54, 1.807) is 47.4 Å². The Morgan fingerprint density at radius 2 is 1.84 bits per heavy atom. The van der Waals surface area contributed by atoms with E-state index in [9.17, 15) is 4.79 Å². The third-order valence-electron chi connectivity index (χ3n) is 3.60. The summed E-state index contributed by atoms with van der Waals surface area (Å²) in [6.07, 6.45) is 3.36. The summed E-state index contributed by atoms with van der Waals surface area (Å²) >= 11 is 0. The predicted octanol–water partition coefficient (Wildman–Crippen LogP) is 3.95. The van der Waals surface area contributed by atoms with E-state index in [4.69, 9.17) is 10.00 Å². The highest BCUT2D eigenvalue weighted by molar-refractivity contribution is 5.94. The summed E-state index contributed by atoms with van der Waals surface area (Å²) in [6.45, 7) is 8.52. The van der Waals surface area contributed by atoms with Crippen LogP contribution in [0.4, 0.5) is 0 Å².